The fourth-order valence-electron chi connectivity index (χ4n) is 8.34. The number of carbonyl (C=O) groups is 1. The number of nitrogens with one attached hydrogen (secondary N) is 1. The summed E-state index contributed by atoms with van der Waals surface area (Å²) >= 11 is 0. The molecule has 0 spiro atoms. The first-order valence-corrected chi connectivity index (χ1v) is 20.1. The van der Waals surface area contributed by atoms with E-state index in [4.69, 9.17) is 9.72 Å². The van der Waals surface area contributed by atoms with Crippen LogP contribution in [-0.4, -0.2) is 127 Å². The molecule has 14 heteroatoms. The van der Waals surface area contributed by atoms with Gasteiger partial charge in [-0.3, -0.25) is 19.4 Å². The zero-order valence-electron chi connectivity index (χ0n) is 33.7. The molecule has 3 aliphatic rings. The quantitative estimate of drug-likeness (QED) is 0.164. The van der Waals surface area contributed by atoms with Gasteiger partial charge in [0, 0.05) is 68.9 Å². The van der Waals surface area contributed by atoms with Crippen LogP contribution in [0.5, 0.6) is 0 Å². The zero-order chi connectivity index (χ0) is 39.6. The van der Waals surface area contributed by atoms with E-state index in [1.54, 1.807) is 49.0 Å². The minimum atomic E-state index is -1.16. The molecule has 2 N–H and O–H groups in total. The number of aliphatic hydroxyl groups is 1. The van der Waals surface area contributed by atoms with Crippen molar-refractivity contribution >= 4 is 34.3 Å². The molecule has 0 bridgehead atoms. The van der Waals surface area contributed by atoms with Gasteiger partial charge in [0.25, 0.3) is 5.56 Å². The molecule has 7 rings (SSSR count). The second kappa shape index (κ2) is 16.5. The number of hydrogen-bond acceptors (Lipinski definition) is 12. The van der Waals surface area contributed by atoms with Crippen LogP contribution in [0.2, 0.25) is 0 Å². The summed E-state index contributed by atoms with van der Waals surface area (Å²) in [7, 11) is 0. The third kappa shape index (κ3) is 9.15. The SMILES string of the molecule is C=CCn1c(=O)c2cnc(Nc3ccc(N4CCN(C5CCN(C6CCN(CC(=O)OC(C)(C)C)CC6)CC5)CC4)cc3)nc2n1-c1cccc(C(C)(C)O)n1. The van der Waals surface area contributed by atoms with Crippen LogP contribution in [0, 0.1) is 0 Å². The van der Waals surface area contributed by atoms with Crippen LogP contribution in [0.25, 0.3) is 16.9 Å². The Hall–Kier alpha value is -4.63. The molecule has 56 heavy (non-hydrogen) atoms. The largest absolute Gasteiger partial charge is 0.459 e. The van der Waals surface area contributed by atoms with Gasteiger partial charge in [0.05, 0.1) is 18.8 Å². The van der Waals surface area contributed by atoms with Crippen molar-refractivity contribution in [3.05, 3.63) is 77.4 Å². The lowest BCUT2D eigenvalue weighted by molar-refractivity contribution is -0.156. The first-order valence-electron chi connectivity index (χ1n) is 20.1. The van der Waals surface area contributed by atoms with E-state index in [-0.39, 0.29) is 18.1 Å². The molecule has 0 saturated carbocycles. The summed E-state index contributed by atoms with van der Waals surface area (Å²) in [6.07, 6.45) is 7.86. The highest BCUT2D eigenvalue weighted by atomic mass is 16.6. The zero-order valence-corrected chi connectivity index (χ0v) is 33.7. The number of aromatic nitrogens is 5. The molecule has 4 aromatic rings. The standard InChI is InChI=1S/C42H58N10O4/c1-7-19-51-39(54)34-28-43-40(46-38(34)52(51)36-10-8-9-35(45-36)42(5,6)55)44-30-11-13-31(14-12-30)49-24-26-50(27-25-49)33-17-22-48(23-18-33)32-15-20-47(21-16-32)29-37(53)56-41(2,3)4/h7-14,28,32-33,55H,1,15-27,29H2,2-6H3,(H,43,44,46). The second-order valence-electron chi connectivity index (χ2n) is 16.9. The molecule has 3 saturated heterocycles. The highest BCUT2D eigenvalue weighted by Gasteiger charge is 2.32. The third-order valence-corrected chi connectivity index (χ3v) is 11.2. The van der Waals surface area contributed by atoms with E-state index in [1.807, 2.05) is 32.9 Å². The number of piperazine rings is 1. The summed E-state index contributed by atoms with van der Waals surface area (Å²) in [5.41, 5.74) is 1.08. The average Bonchev–Trinajstić information content (AvgIpc) is 3.44. The number of carbonyl (C=O) groups excluding carboxylic acids is 1. The number of benzene rings is 1. The van der Waals surface area contributed by atoms with Crippen LogP contribution in [-0.2, 0) is 21.7 Å². The van der Waals surface area contributed by atoms with E-state index in [0.29, 0.717) is 47.1 Å². The molecular formula is C42H58N10O4. The van der Waals surface area contributed by atoms with E-state index in [1.165, 1.54) is 23.2 Å². The molecule has 3 aromatic heterocycles. The number of hydrogen-bond donors (Lipinski definition) is 2. The summed E-state index contributed by atoms with van der Waals surface area (Å²) in [4.78, 5) is 49.7. The summed E-state index contributed by atoms with van der Waals surface area (Å²) < 4.78 is 8.71. The number of allylic oxidation sites excluding steroid dienone is 1. The topological polar surface area (TPSA) is 137 Å². The van der Waals surface area contributed by atoms with E-state index in [0.717, 1.165) is 70.9 Å². The molecule has 0 unspecified atom stereocenters. The molecule has 0 atom stereocenters. The number of esters is 1. The molecule has 0 aliphatic carbocycles. The number of ether oxygens (including phenoxy) is 1. The van der Waals surface area contributed by atoms with Crippen molar-refractivity contribution in [3.63, 3.8) is 0 Å². The van der Waals surface area contributed by atoms with Gasteiger partial charge < -0.3 is 25.0 Å². The summed E-state index contributed by atoms with van der Waals surface area (Å²) in [6, 6.07) is 14.9. The normalized spacial score (nSPS) is 18.7. The maximum Gasteiger partial charge on any atom is 0.320 e. The molecule has 3 aliphatic heterocycles. The number of likely N-dealkylation sites (tertiary alicyclic amines) is 2. The maximum absolute atomic E-state index is 13.4. The molecule has 300 valence electrons. The number of fused-ring (bicyclic) bond motifs is 1. The van der Waals surface area contributed by atoms with Crippen LogP contribution in [0.4, 0.5) is 17.3 Å². The second-order valence-corrected chi connectivity index (χ2v) is 16.9. The van der Waals surface area contributed by atoms with E-state index < -0.39 is 11.2 Å². The van der Waals surface area contributed by atoms with Crippen molar-refractivity contribution < 1.29 is 14.6 Å². The molecule has 0 radical (unpaired) electrons. The smallest absolute Gasteiger partial charge is 0.320 e. The number of anilines is 3. The molecule has 1 aromatic carbocycles. The van der Waals surface area contributed by atoms with E-state index in [9.17, 15) is 14.7 Å². The van der Waals surface area contributed by atoms with E-state index >= 15 is 0 Å². The minimum Gasteiger partial charge on any atom is -0.459 e. The van der Waals surface area contributed by atoms with Crippen LogP contribution in [0.1, 0.15) is 66.0 Å². The minimum absolute atomic E-state index is 0.123. The Labute approximate surface area is 329 Å². The first-order chi connectivity index (χ1) is 26.8. The van der Waals surface area contributed by atoms with Gasteiger partial charge in [-0.15, -0.1) is 6.58 Å². The molecule has 6 heterocycles. The number of pyridine rings is 1. The van der Waals surface area contributed by atoms with Gasteiger partial charge in [-0.25, -0.2) is 19.3 Å². The maximum atomic E-state index is 13.4. The summed E-state index contributed by atoms with van der Waals surface area (Å²) in [6.45, 7) is 21.9. The number of rotatable bonds is 11. The van der Waals surface area contributed by atoms with Gasteiger partial charge in [0.2, 0.25) is 5.95 Å². The lowest BCUT2D eigenvalue weighted by atomic mass is 9.96. The van der Waals surface area contributed by atoms with Crippen molar-refractivity contribution in [3.8, 4) is 5.82 Å². The van der Waals surface area contributed by atoms with Crippen molar-refractivity contribution in [2.45, 2.75) is 90.1 Å². The molecule has 14 nitrogen and oxygen atoms in total. The van der Waals surface area contributed by atoms with Crippen LogP contribution in [0.15, 0.2) is 66.1 Å². The Morgan fingerprint density at radius 1 is 0.893 bits per heavy atom. The van der Waals surface area contributed by atoms with Gasteiger partial charge >= 0.3 is 5.97 Å². The average molecular weight is 767 g/mol. The van der Waals surface area contributed by atoms with Crippen molar-refractivity contribution in [2.24, 2.45) is 0 Å². The highest BCUT2D eigenvalue weighted by molar-refractivity contribution is 5.77. The Morgan fingerprint density at radius 2 is 1.54 bits per heavy atom. The van der Waals surface area contributed by atoms with Crippen molar-refractivity contribution in [1.82, 2.24) is 39.0 Å². The van der Waals surface area contributed by atoms with Gasteiger partial charge in [0.1, 0.15) is 16.6 Å². The molecule has 3 fully saturated rings. The monoisotopic (exact) mass is 766 g/mol. The number of piperidine rings is 2. The van der Waals surface area contributed by atoms with E-state index in [2.05, 4.69) is 53.6 Å². The number of nitrogens with zero attached hydrogens (tertiary/aromatic N) is 9. The Kier molecular flexibility index (Phi) is 11.6. The third-order valence-electron chi connectivity index (χ3n) is 11.2. The Bertz CT molecular complexity index is 2040. The summed E-state index contributed by atoms with van der Waals surface area (Å²) in [5.74, 6) is 0.697. The lowest BCUT2D eigenvalue weighted by Crippen LogP contribution is -2.55. The predicted molar refractivity (Wildman–Crippen MR) is 220 cm³/mol. The fourth-order valence-corrected chi connectivity index (χ4v) is 8.34. The van der Waals surface area contributed by atoms with Crippen molar-refractivity contribution in [2.75, 3.05) is 69.1 Å². The van der Waals surface area contributed by atoms with Gasteiger partial charge in [-0.1, -0.05) is 12.1 Å². The van der Waals surface area contributed by atoms with Crippen molar-refractivity contribution in [1.29, 1.82) is 0 Å². The molecule has 0 amide bonds. The predicted octanol–water partition coefficient (Wildman–Crippen LogP) is 4.53. The van der Waals surface area contributed by atoms with Crippen LogP contribution < -0.4 is 15.8 Å². The van der Waals surface area contributed by atoms with Gasteiger partial charge in [-0.05, 0) is 110 Å². The molecular weight excluding hydrogens is 709 g/mol. The Balaban J connectivity index is 0.914. The lowest BCUT2D eigenvalue weighted by Gasteiger charge is -2.46. The van der Waals surface area contributed by atoms with Gasteiger partial charge in [-0.2, -0.15) is 4.98 Å². The van der Waals surface area contributed by atoms with Gasteiger partial charge in [0.15, 0.2) is 11.5 Å². The van der Waals surface area contributed by atoms with Crippen LogP contribution in [0.3, 0.4) is 0 Å². The van der Waals surface area contributed by atoms with Crippen LogP contribution >= 0.6 is 0 Å². The first kappa shape index (κ1) is 39.6. The summed E-state index contributed by atoms with van der Waals surface area (Å²) in [5, 5.41) is 14.3. The Morgan fingerprint density at radius 3 is 2.16 bits per heavy atom. The highest BCUT2D eigenvalue weighted by Crippen LogP contribution is 2.27. The fraction of sp³-hybridized carbons (Fsp3) is 0.548.